The van der Waals surface area contributed by atoms with Gasteiger partial charge in [-0.05, 0) is 32.0 Å². The summed E-state index contributed by atoms with van der Waals surface area (Å²) in [4.78, 5) is 0. The number of nitrogens with two attached hydrogens (primary N) is 1. The maximum absolute atomic E-state index is 5.61. The second-order valence-electron chi connectivity index (χ2n) is 7.85. The summed E-state index contributed by atoms with van der Waals surface area (Å²) in [6, 6.07) is 0. The highest BCUT2D eigenvalue weighted by Crippen LogP contribution is 2.13. The van der Waals surface area contributed by atoms with Crippen molar-refractivity contribution in [1.29, 1.82) is 0 Å². The van der Waals surface area contributed by atoms with E-state index in [0.717, 1.165) is 13.1 Å². The lowest BCUT2D eigenvalue weighted by Gasteiger charge is -2.09. The van der Waals surface area contributed by atoms with E-state index in [-0.39, 0.29) is 0 Å². The molecule has 0 aromatic heterocycles. The van der Waals surface area contributed by atoms with E-state index in [2.05, 4.69) is 19.2 Å². The summed E-state index contributed by atoms with van der Waals surface area (Å²) in [5, 5.41) is 3.51. The molecule has 0 aromatic rings. The normalized spacial score (nSPS) is 12.6. The molecular formula is C22H48N2. The van der Waals surface area contributed by atoms with Gasteiger partial charge in [-0.25, -0.2) is 0 Å². The van der Waals surface area contributed by atoms with E-state index >= 15 is 0 Å². The van der Waals surface area contributed by atoms with E-state index in [1.807, 2.05) is 0 Å². The van der Waals surface area contributed by atoms with Crippen LogP contribution in [-0.4, -0.2) is 19.6 Å². The molecule has 3 N–H and O–H groups in total. The Balaban J connectivity index is 2.98. The topological polar surface area (TPSA) is 38.0 Å². The van der Waals surface area contributed by atoms with Gasteiger partial charge in [0.1, 0.15) is 0 Å². The fourth-order valence-electron chi connectivity index (χ4n) is 3.23. The van der Waals surface area contributed by atoms with Crippen molar-refractivity contribution in [2.75, 3.05) is 19.6 Å². The van der Waals surface area contributed by atoms with Crippen LogP contribution in [-0.2, 0) is 0 Å². The predicted molar refractivity (Wildman–Crippen MR) is 111 cm³/mol. The first-order valence-electron chi connectivity index (χ1n) is 11.2. The summed E-state index contributed by atoms with van der Waals surface area (Å²) >= 11 is 0. The number of unbranched alkanes of at least 4 members (excludes halogenated alkanes) is 15. The van der Waals surface area contributed by atoms with Crippen LogP contribution < -0.4 is 11.1 Å². The lowest BCUT2D eigenvalue weighted by atomic mass is 10.0. The number of hydrogen-bond donors (Lipinski definition) is 2. The Bertz CT molecular complexity index is 218. The molecule has 0 radical (unpaired) electrons. The molecule has 2 heteroatoms. The van der Waals surface area contributed by atoms with Crippen molar-refractivity contribution >= 4 is 0 Å². The molecule has 0 aliphatic rings. The summed E-state index contributed by atoms with van der Waals surface area (Å²) in [7, 11) is 0. The van der Waals surface area contributed by atoms with Crippen molar-refractivity contribution in [3.8, 4) is 0 Å². The summed E-state index contributed by atoms with van der Waals surface area (Å²) < 4.78 is 0. The molecule has 1 unspecified atom stereocenters. The van der Waals surface area contributed by atoms with Crippen LogP contribution in [0.15, 0.2) is 0 Å². The van der Waals surface area contributed by atoms with Gasteiger partial charge in [-0.2, -0.15) is 0 Å². The first kappa shape index (κ1) is 23.9. The Kier molecular flexibility index (Phi) is 20.9. The number of rotatable bonds is 20. The molecule has 0 aromatic carbocycles. The van der Waals surface area contributed by atoms with Crippen LogP contribution in [0.5, 0.6) is 0 Å². The number of hydrogen-bond acceptors (Lipinski definition) is 2. The van der Waals surface area contributed by atoms with Crippen molar-refractivity contribution in [3.05, 3.63) is 0 Å². The zero-order valence-corrected chi connectivity index (χ0v) is 17.1. The minimum Gasteiger partial charge on any atom is -0.330 e. The molecule has 0 spiro atoms. The average molecular weight is 341 g/mol. The van der Waals surface area contributed by atoms with Gasteiger partial charge in [0.25, 0.3) is 0 Å². The summed E-state index contributed by atoms with van der Waals surface area (Å²) in [6.45, 7) is 7.55. The molecule has 0 heterocycles. The van der Waals surface area contributed by atoms with Crippen molar-refractivity contribution in [3.63, 3.8) is 0 Å². The fourth-order valence-corrected chi connectivity index (χ4v) is 3.23. The van der Waals surface area contributed by atoms with Crippen molar-refractivity contribution in [2.24, 2.45) is 11.7 Å². The monoisotopic (exact) mass is 340 g/mol. The second-order valence-corrected chi connectivity index (χ2v) is 7.85. The Morgan fingerprint density at radius 3 is 1.38 bits per heavy atom. The molecule has 0 bridgehead atoms. The van der Waals surface area contributed by atoms with Gasteiger partial charge in [0.05, 0.1) is 0 Å². The van der Waals surface area contributed by atoms with E-state index in [0.29, 0.717) is 5.92 Å². The summed E-state index contributed by atoms with van der Waals surface area (Å²) in [6.07, 6.45) is 23.1. The van der Waals surface area contributed by atoms with Gasteiger partial charge < -0.3 is 11.1 Å². The van der Waals surface area contributed by atoms with E-state index in [1.54, 1.807) is 0 Å². The molecule has 146 valence electrons. The van der Waals surface area contributed by atoms with Crippen molar-refractivity contribution in [2.45, 2.75) is 117 Å². The van der Waals surface area contributed by atoms with Gasteiger partial charge in [-0.15, -0.1) is 0 Å². The van der Waals surface area contributed by atoms with Gasteiger partial charge in [-0.3, -0.25) is 0 Å². The Hall–Kier alpha value is -0.0800. The molecule has 0 amide bonds. The van der Waals surface area contributed by atoms with E-state index in [9.17, 15) is 0 Å². The van der Waals surface area contributed by atoms with E-state index in [4.69, 9.17) is 5.73 Å². The summed E-state index contributed by atoms with van der Waals surface area (Å²) in [5.41, 5.74) is 5.61. The highest BCUT2D eigenvalue weighted by atomic mass is 14.9. The van der Waals surface area contributed by atoms with E-state index < -0.39 is 0 Å². The summed E-state index contributed by atoms with van der Waals surface area (Å²) in [5.74, 6) is 0.617. The zero-order valence-electron chi connectivity index (χ0n) is 17.1. The fraction of sp³-hybridized carbons (Fsp3) is 1.00. The quantitative estimate of drug-likeness (QED) is 0.250. The van der Waals surface area contributed by atoms with Crippen LogP contribution >= 0.6 is 0 Å². The largest absolute Gasteiger partial charge is 0.330 e. The lowest BCUT2D eigenvalue weighted by molar-refractivity contribution is 0.498. The van der Waals surface area contributed by atoms with E-state index in [1.165, 1.54) is 109 Å². The molecule has 0 aliphatic heterocycles. The van der Waals surface area contributed by atoms with Crippen LogP contribution in [0.4, 0.5) is 0 Å². The highest BCUT2D eigenvalue weighted by molar-refractivity contribution is 4.57. The molecule has 2 nitrogen and oxygen atoms in total. The SMILES string of the molecule is CCCCCCCCCCCCCCCCCCNCC(C)CN. The van der Waals surface area contributed by atoms with Crippen LogP contribution in [0.2, 0.25) is 0 Å². The Labute approximate surface area is 153 Å². The van der Waals surface area contributed by atoms with Gasteiger partial charge in [0, 0.05) is 0 Å². The predicted octanol–water partition coefficient (Wildman–Crippen LogP) is 6.43. The van der Waals surface area contributed by atoms with Gasteiger partial charge >= 0.3 is 0 Å². The average Bonchev–Trinajstić information content (AvgIpc) is 2.60. The number of nitrogens with one attached hydrogen (secondary N) is 1. The van der Waals surface area contributed by atoms with Crippen molar-refractivity contribution in [1.82, 2.24) is 5.32 Å². The maximum atomic E-state index is 5.61. The molecule has 0 saturated heterocycles. The second kappa shape index (κ2) is 21.0. The van der Waals surface area contributed by atoms with Gasteiger partial charge in [0.15, 0.2) is 0 Å². The Morgan fingerprint density at radius 2 is 1.00 bits per heavy atom. The van der Waals surface area contributed by atoms with Gasteiger partial charge in [0.2, 0.25) is 0 Å². The third-order valence-corrected chi connectivity index (χ3v) is 5.10. The third kappa shape index (κ3) is 20.0. The van der Waals surface area contributed by atoms with Crippen LogP contribution in [0, 0.1) is 5.92 Å². The maximum Gasteiger partial charge on any atom is -0.00111 e. The molecule has 0 aliphatic carbocycles. The smallest absolute Gasteiger partial charge is 0.00111 e. The zero-order chi connectivity index (χ0) is 17.7. The third-order valence-electron chi connectivity index (χ3n) is 5.10. The first-order valence-corrected chi connectivity index (χ1v) is 11.2. The van der Waals surface area contributed by atoms with Gasteiger partial charge in [-0.1, -0.05) is 110 Å². The first-order chi connectivity index (χ1) is 11.8. The standard InChI is InChI=1S/C22H48N2/c1-3-4-5-6-7-8-9-10-11-12-13-14-15-16-17-18-19-24-21-22(2)20-23/h22,24H,3-21,23H2,1-2H3. The minimum atomic E-state index is 0.617. The molecule has 0 fully saturated rings. The van der Waals surface area contributed by atoms with Crippen LogP contribution in [0.25, 0.3) is 0 Å². The molecule has 24 heavy (non-hydrogen) atoms. The lowest BCUT2D eigenvalue weighted by Crippen LogP contribution is -2.26. The Morgan fingerprint density at radius 1 is 0.625 bits per heavy atom. The molecular weight excluding hydrogens is 292 g/mol. The molecule has 0 rings (SSSR count). The minimum absolute atomic E-state index is 0.617. The van der Waals surface area contributed by atoms with Crippen LogP contribution in [0.3, 0.4) is 0 Å². The van der Waals surface area contributed by atoms with Crippen LogP contribution in [0.1, 0.15) is 117 Å². The molecule has 1 atom stereocenters. The molecule has 0 saturated carbocycles. The highest BCUT2D eigenvalue weighted by Gasteiger charge is 1.97. The van der Waals surface area contributed by atoms with Crippen molar-refractivity contribution < 1.29 is 0 Å².